The zero-order valence-electron chi connectivity index (χ0n) is 15.4. The Labute approximate surface area is 164 Å². The molecule has 3 aromatic rings. The van der Waals surface area contributed by atoms with Crippen molar-refractivity contribution in [1.82, 2.24) is 4.57 Å². The molecule has 0 bridgehead atoms. The van der Waals surface area contributed by atoms with Crippen LogP contribution in [0.3, 0.4) is 0 Å². The number of hydrogen-bond acceptors (Lipinski definition) is 2. The molecule has 0 radical (unpaired) electrons. The van der Waals surface area contributed by atoms with E-state index < -0.39 is 23.5 Å². The first-order chi connectivity index (χ1) is 13.7. The third kappa shape index (κ3) is 3.64. The van der Waals surface area contributed by atoms with Gasteiger partial charge in [0.2, 0.25) is 0 Å². The van der Waals surface area contributed by atoms with E-state index in [1.54, 1.807) is 30.5 Å². The summed E-state index contributed by atoms with van der Waals surface area (Å²) in [5.74, 6) is -2.10. The van der Waals surface area contributed by atoms with Crippen LogP contribution in [0, 0.1) is 5.92 Å². The van der Waals surface area contributed by atoms with Gasteiger partial charge in [0.05, 0.1) is 11.1 Å². The zero-order chi connectivity index (χ0) is 20.8. The monoisotopic (exact) mass is 401 g/mol. The molecule has 0 spiro atoms. The van der Waals surface area contributed by atoms with E-state index in [1.807, 2.05) is 4.57 Å². The lowest BCUT2D eigenvalue weighted by Gasteiger charge is -2.26. The first kappa shape index (κ1) is 19.2. The molecule has 29 heavy (non-hydrogen) atoms. The van der Waals surface area contributed by atoms with Gasteiger partial charge in [-0.15, -0.1) is 0 Å². The summed E-state index contributed by atoms with van der Waals surface area (Å²) in [6.07, 6.45) is 0.422. The Kier molecular flexibility index (Phi) is 4.68. The summed E-state index contributed by atoms with van der Waals surface area (Å²) in [5.41, 5.74) is 0.837. The summed E-state index contributed by atoms with van der Waals surface area (Å²) in [6.45, 7) is 0.687. The Bertz CT molecular complexity index is 1110. The number of carboxylic acid groups (broad SMARTS) is 1. The number of halogens is 3. The number of fused-ring (bicyclic) bond motifs is 1. The predicted molar refractivity (Wildman–Crippen MR) is 102 cm³/mol. The first-order valence-electron chi connectivity index (χ1n) is 9.32. The van der Waals surface area contributed by atoms with Gasteiger partial charge in [0.25, 0.3) is 5.78 Å². The van der Waals surface area contributed by atoms with Crippen LogP contribution in [0.4, 0.5) is 13.2 Å². The van der Waals surface area contributed by atoms with E-state index in [1.165, 1.54) is 6.07 Å². The highest BCUT2D eigenvalue weighted by atomic mass is 19.4. The van der Waals surface area contributed by atoms with Crippen LogP contribution in [0.25, 0.3) is 22.0 Å². The van der Waals surface area contributed by atoms with Gasteiger partial charge in [-0.1, -0.05) is 24.6 Å². The zero-order valence-corrected chi connectivity index (χ0v) is 15.4. The van der Waals surface area contributed by atoms with Crippen LogP contribution in [0.2, 0.25) is 0 Å². The number of carbonyl (C=O) groups is 2. The smallest absolute Gasteiger partial charge is 0.416 e. The fourth-order valence-corrected chi connectivity index (χ4v) is 3.75. The highest BCUT2D eigenvalue weighted by Gasteiger charge is 2.30. The average molecular weight is 401 g/mol. The molecule has 0 amide bonds. The van der Waals surface area contributed by atoms with Crippen LogP contribution < -0.4 is 0 Å². The lowest BCUT2D eigenvalue weighted by Crippen LogP contribution is -2.17. The topological polar surface area (TPSA) is 59.3 Å². The number of carbonyl (C=O) groups excluding carboxylic acids is 1. The van der Waals surface area contributed by atoms with Gasteiger partial charge in [0.1, 0.15) is 0 Å². The summed E-state index contributed by atoms with van der Waals surface area (Å²) in [7, 11) is 0. The van der Waals surface area contributed by atoms with E-state index in [-0.39, 0.29) is 5.56 Å². The number of alkyl halides is 3. The second kappa shape index (κ2) is 7.06. The summed E-state index contributed by atoms with van der Waals surface area (Å²) >= 11 is 0. The lowest BCUT2D eigenvalue weighted by molar-refractivity contribution is -0.137. The van der Waals surface area contributed by atoms with Crippen molar-refractivity contribution in [3.8, 4) is 11.1 Å². The third-order valence-corrected chi connectivity index (χ3v) is 5.52. The van der Waals surface area contributed by atoms with Crippen molar-refractivity contribution >= 4 is 22.7 Å². The highest BCUT2D eigenvalue weighted by molar-refractivity contribution is 6.42. The van der Waals surface area contributed by atoms with Crippen molar-refractivity contribution in [3.63, 3.8) is 0 Å². The third-order valence-electron chi connectivity index (χ3n) is 5.52. The maximum Gasteiger partial charge on any atom is 0.416 e. The van der Waals surface area contributed by atoms with E-state index in [4.69, 9.17) is 0 Å². The Morgan fingerprint density at radius 2 is 1.79 bits per heavy atom. The van der Waals surface area contributed by atoms with Crippen molar-refractivity contribution < 1.29 is 27.9 Å². The fourth-order valence-electron chi connectivity index (χ4n) is 3.75. The molecule has 7 heteroatoms. The molecule has 4 rings (SSSR count). The molecule has 1 aromatic heterocycles. The number of nitrogens with zero attached hydrogens (tertiary/aromatic N) is 1. The summed E-state index contributed by atoms with van der Waals surface area (Å²) in [5, 5.41) is 9.61. The van der Waals surface area contributed by atoms with Gasteiger partial charge in [-0.3, -0.25) is 4.79 Å². The number of carboxylic acids is 1. The van der Waals surface area contributed by atoms with Gasteiger partial charge >= 0.3 is 12.1 Å². The Morgan fingerprint density at radius 3 is 2.41 bits per heavy atom. The molecule has 0 atom stereocenters. The maximum absolute atomic E-state index is 13.0. The Morgan fingerprint density at radius 1 is 1.07 bits per heavy atom. The second-order valence-electron chi connectivity index (χ2n) is 7.44. The van der Waals surface area contributed by atoms with E-state index in [9.17, 15) is 27.9 Å². The molecule has 1 saturated carbocycles. The van der Waals surface area contributed by atoms with E-state index in [2.05, 4.69) is 0 Å². The largest absolute Gasteiger partial charge is 0.475 e. The molecule has 1 N–H and O–H groups in total. The number of aliphatic carboxylic acids is 1. The number of ketones is 1. The highest BCUT2D eigenvalue weighted by Crippen LogP contribution is 2.35. The van der Waals surface area contributed by atoms with Crippen molar-refractivity contribution in [3.05, 3.63) is 59.8 Å². The maximum atomic E-state index is 13.0. The summed E-state index contributed by atoms with van der Waals surface area (Å²) in [4.78, 5) is 23.5. The first-order valence-corrected chi connectivity index (χ1v) is 9.32. The summed E-state index contributed by atoms with van der Waals surface area (Å²) in [6, 6.07) is 9.96. The molecule has 2 aromatic carbocycles. The normalized spacial score (nSPS) is 14.7. The van der Waals surface area contributed by atoms with Crippen LogP contribution >= 0.6 is 0 Å². The minimum Gasteiger partial charge on any atom is -0.475 e. The molecule has 1 heterocycles. The van der Waals surface area contributed by atoms with Crippen molar-refractivity contribution in [1.29, 1.82) is 0 Å². The minimum atomic E-state index is -4.46. The van der Waals surface area contributed by atoms with Gasteiger partial charge < -0.3 is 9.67 Å². The van der Waals surface area contributed by atoms with Crippen LogP contribution in [0.5, 0.6) is 0 Å². The predicted octanol–water partition coefficient (Wildman–Crippen LogP) is 5.39. The lowest BCUT2D eigenvalue weighted by atomic mass is 9.85. The number of Topliss-reactive ketones (excluding diaryl/α,β-unsaturated/α-hetero) is 1. The fraction of sp³-hybridized carbons (Fsp3) is 0.273. The molecular weight excluding hydrogens is 383 g/mol. The standard InChI is InChI=1S/C22H18F3NO3/c23-22(24,25)16-6-2-5-14(9-16)15-7-8-19-17(10-15)18(20(27)21(28)29)12-26(19)11-13-3-1-4-13/h2,5-10,12-13H,1,3-4,11H2,(H,28,29). The van der Waals surface area contributed by atoms with Gasteiger partial charge in [0.15, 0.2) is 0 Å². The SMILES string of the molecule is O=C(O)C(=O)c1cn(CC2CCC2)c2ccc(-c3cccc(C(F)(F)F)c3)cc12. The molecule has 1 aliphatic rings. The number of hydrogen-bond donors (Lipinski definition) is 1. The molecule has 4 nitrogen and oxygen atoms in total. The Hall–Kier alpha value is -3.09. The second-order valence-corrected chi connectivity index (χ2v) is 7.44. The number of benzene rings is 2. The quantitative estimate of drug-likeness (QED) is 0.460. The Balaban J connectivity index is 1.83. The molecule has 0 unspecified atom stereocenters. The van der Waals surface area contributed by atoms with Gasteiger partial charge in [-0.25, -0.2) is 4.79 Å². The van der Waals surface area contributed by atoms with Crippen LogP contribution in [-0.4, -0.2) is 21.4 Å². The van der Waals surface area contributed by atoms with E-state index >= 15 is 0 Å². The van der Waals surface area contributed by atoms with Crippen molar-refractivity contribution in [2.45, 2.75) is 32.0 Å². The van der Waals surface area contributed by atoms with E-state index in [0.717, 1.165) is 31.4 Å². The van der Waals surface area contributed by atoms with Gasteiger partial charge in [0, 0.05) is 23.6 Å². The van der Waals surface area contributed by atoms with Gasteiger partial charge in [-0.2, -0.15) is 13.2 Å². The van der Waals surface area contributed by atoms with Crippen LogP contribution in [0.15, 0.2) is 48.7 Å². The molecule has 150 valence electrons. The van der Waals surface area contributed by atoms with Crippen molar-refractivity contribution in [2.75, 3.05) is 0 Å². The van der Waals surface area contributed by atoms with Crippen molar-refractivity contribution in [2.24, 2.45) is 5.92 Å². The molecule has 1 aliphatic carbocycles. The van der Waals surface area contributed by atoms with Crippen LogP contribution in [-0.2, 0) is 17.5 Å². The molecule has 0 aliphatic heterocycles. The number of aromatic nitrogens is 1. The average Bonchev–Trinajstić information content (AvgIpc) is 3.01. The van der Waals surface area contributed by atoms with Gasteiger partial charge in [-0.05, 0) is 54.2 Å². The molecular formula is C22H18F3NO3. The number of rotatable bonds is 5. The molecule has 0 saturated heterocycles. The summed E-state index contributed by atoms with van der Waals surface area (Å²) < 4.78 is 41.0. The molecule has 1 fully saturated rings. The minimum absolute atomic E-state index is 0.0562. The van der Waals surface area contributed by atoms with E-state index in [0.29, 0.717) is 34.5 Å². The van der Waals surface area contributed by atoms with Crippen LogP contribution in [0.1, 0.15) is 35.2 Å².